The van der Waals surface area contributed by atoms with Gasteiger partial charge in [0.25, 0.3) is 0 Å². The number of piperidine rings is 2. The van der Waals surface area contributed by atoms with Crippen LogP contribution in [0.2, 0.25) is 0 Å². The normalized spacial score (nSPS) is 21.9. The smallest absolute Gasteiger partial charge is 0.329 e. The minimum absolute atomic E-state index is 0.0208. The molecule has 0 aromatic rings. The fourth-order valence-corrected chi connectivity index (χ4v) is 2.86. The number of hydrogen-bond donors (Lipinski definition) is 1. The number of carboxylic acids is 1. The zero-order valence-electron chi connectivity index (χ0n) is 11.9. The molecule has 114 valence electrons. The van der Waals surface area contributed by atoms with Crippen LogP contribution in [0.3, 0.4) is 0 Å². The molecule has 2 saturated heterocycles. The molecule has 0 aliphatic carbocycles. The van der Waals surface area contributed by atoms with Crippen LogP contribution in [0.5, 0.6) is 0 Å². The third-order valence-corrected chi connectivity index (χ3v) is 4.04. The number of carboxylic acid groups (broad SMARTS) is 1. The van der Waals surface area contributed by atoms with Crippen molar-refractivity contribution in [3.8, 4) is 0 Å². The van der Waals surface area contributed by atoms with Crippen LogP contribution in [0, 0.1) is 0 Å². The molecule has 2 aliphatic heterocycles. The average Bonchev–Trinajstić information content (AvgIpc) is 2.47. The maximum Gasteiger partial charge on any atom is 0.329 e. The summed E-state index contributed by atoms with van der Waals surface area (Å²) in [4.78, 5) is 26.7. The molecule has 1 N–H and O–H groups in total. The average molecular weight is 284 g/mol. The Kier molecular flexibility index (Phi) is 5.79. The predicted molar refractivity (Wildman–Crippen MR) is 73.5 cm³/mol. The monoisotopic (exact) mass is 284 g/mol. The number of carbonyl (C=O) groups is 2. The zero-order chi connectivity index (χ0) is 14.4. The van der Waals surface area contributed by atoms with Crippen molar-refractivity contribution in [2.45, 2.75) is 38.2 Å². The van der Waals surface area contributed by atoms with Gasteiger partial charge in [-0.2, -0.15) is 0 Å². The number of amides is 1. The third-order valence-electron chi connectivity index (χ3n) is 4.04. The first-order valence-corrected chi connectivity index (χ1v) is 7.48. The van der Waals surface area contributed by atoms with Crippen LogP contribution in [0.15, 0.2) is 0 Å². The minimum atomic E-state index is -0.923. The van der Waals surface area contributed by atoms with E-state index in [1.807, 2.05) is 4.90 Å². The number of carbonyl (C=O) groups excluding carboxylic acids is 1. The maximum absolute atomic E-state index is 12.1. The van der Waals surface area contributed by atoms with Gasteiger partial charge in [-0.3, -0.25) is 9.69 Å². The van der Waals surface area contributed by atoms with Crippen molar-refractivity contribution < 1.29 is 19.4 Å². The summed E-state index contributed by atoms with van der Waals surface area (Å²) in [7, 11) is 0. The molecule has 6 heteroatoms. The van der Waals surface area contributed by atoms with E-state index in [4.69, 9.17) is 9.84 Å². The molecule has 6 nitrogen and oxygen atoms in total. The predicted octanol–water partition coefficient (Wildman–Crippen LogP) is 0.564. The standard InChI is InChI=1S/C14H24N2O4/c17-13(16-6-2-1-3-7-16)10-15-8-4-12(5-9-15)20-11-14(18)19/h12H,1-11H2,(H,18,19). The number of nitrogens with zero attached hydrogens (tertiary/aromatic N) is 2. The highest BCUT2D eigenvalue weighted by Crippen LogP contribution is 2.15. The molecule has 2 aliphatic rings. The van der Waals surface area contributed by atoms with Gasteiger partial charge in [0.1, 0.15) is 6.61 Å². The molecule has 0 atom stereocenters. The molecule has 0 saturated carbocycles. The minimum Gasteiger partial charge on any atom is -0.480 e. The first-order valence-electron chi connectivity index (χ1n) is 7.48. The van der Waals surface area contributed by atoms with E-state index in [0.29, 0.717) is 6.54 Å². The molecule has 1 amide bonds. The van der Waals surface area contributed by atoms with Crippen LogP contribution in [0.1, 0.15) is 32.1 Å². The van der Waals surface area contributed by atoms with Gasteiger partial charge in [-0.05, 0) is 32.1 Å². The van der Waals surface area contributed by atoms with Crippen LogP contribution >= 0.6 is 0 Å². The van der Waals surface area contributed by atoms with Crippen molar-refractivity contribution in [1.29, 1.82) is 0 Å². The maximum atomic E-state index is 12.1. The quantitative estimate of drug-likeness (QED) is 0.799. The van der Waals surface area contributed by atoms with E-state index < -0.39 is 5.97 Å². The van der Waals surface area contributed by atoms with Gasteiger partial charge in [0.2, 0.25) is 5.91 Å². The Morgan fingerprint density at radius 1 is 1.05 bits per heavy atom. The summed E-state index contributed by atoms with van der Waals surface area (Å²) in [6.07, 6.45) is 5.11. The van der Waals surface area contributed by atoms with Crippen LogP contribution in [-0.4, -0.2) is 72.2 Å². The van der Waals surface area contributed by atoms with E-state index in [-0.39, 0.29) is 18.6 Å². The molecule has 2 heterocycles. The molecule has 2 rings (SSSR count). The summed E-state index contributed by atoms with van der Waals surface area (Å²) < 4.78 is 5.29. The van der Waals surface area contributed by atoms with Gasteiger partial charge in [0.05, 0.1) is 12.6 Å². The van der Waals surface area contributed by atoms with Crippen LogP contribution < -0.4 is 0 Å². The SMILES string of the molecule is O=C(O)COC1CCN(CC(=O)N2CCCCC2)CC1. The number of aliphatic carboxylic acids is 1. The molecule has 0 aromatic heterocycles. The highest BCUT2D eigenvalue weighted by atomic mass is 16.5. The van der Waals surface area contributed by atoms with Crippen LogP contribution in [0.4, 0.5) is 0 Å². The fourth-order valence-electron chi connectivity index (χ4n) is 2.86. The van der Waals surface area contributed by atoms with Gasteiger partial charge in [0.15, 0.2) is 0 Å². The van der Waals surface area contributed by atoms with Crippen molar-refractivity contribution in [2.75, 3.05) is 39.3 Å². The number of hydrogen-bond acceptors (Lipinski definition) is 4. The number of ether oxygens (including phenoxy) is 1. The van der Waals surface area contributed by atoms with Crippen molar-refractivity contribution >= 4 is 11.9 Å². The second kappa shape index (κ2) is 7.59. The second-order valence-corrected chi connectivity index (χ2v) is 5.62. The number of rotatable bonds is 5. The molecule has 0 radical (unpaired) electrons. The van der Waals surface area contributed by atoms with Gasteiger partial charge < -0.3 is 14.7 Å². The highest BCUT2D eigenvalue weighted by Gasteiger charge is 2.24. The van der Waals surface area contributed by atoms with Crippen molar-refractivity contribution in [1.82, 2.24) is 9.80 Å². The lowest BCUT2D eigenvalue weighted by Crippen LogP contribution is -2.46. The molecule has 0 spiro atoms. The Labute approximate surface area is 119 Å². The first-order chi connectivity index (χ1) is 9.65. The lowest BCUT2D eigenvalue weighted by molar-refractivity contribution is -0.145. The van der Waals surface area contributed by atoms with Gasteiger partial charge in [-0.15, -0.1) is 0 Å². The lowest BCUT2D eigenvalue weighted by Gasteiger charge is -2.33. The lowest BCUT2D eigenvalue weighted by atomic mass is 10.1. The highest BCUT2D eigenvalue weighted by molar-refractivity contribution is 5.78. The summed E-state index contributed by atoms with van der Waals surface area (Å²) in [5.74, 6) is -0.692. The fraction of sp³-hybridized carbons (Fsp3) is 0.857. The van der Waals surface area contributed by atoms with Crippen LogP contribution in [0.25, 0.3) is 0 Å². The molecule has 20 heavy (non-hydrogen) atoms. The first kappa shape index (κ1) is 15.3. The van der Waals surface area contributed by atoms with Crippen LogP contribution in [-0.2, 0) is 14.3 Å². The summed E-state index contributed by atoms with van der Waals surface area (Å²) in [5.41, 5.74) is 0. The Bertz CT molecular complexity index is 334. The topological polar surface area (TPSA) is 70.1 Å². The van der Waals surface area contributed by atoms with E-state index in [1.165, 1.54) is 6.42 Å². The molecule has 2 fully saturated rings. The summed E-state index contributed by atoms with van der Waals surface area (Å²) >= 11 is 0. The molecule has 0 bridgehead atoms. The van der Waals surface area contributed by atoms with Crippen molar-refractivity contribution in [2.24, 2.45) is 0 Å². The second-order valence-electron chi connectivity index (χ2n) is 5.62. The van der Waals surface area contributed by atoms with Crippen molar-refractivity contribution in [3.63, 3.8) is 0 Å². The summed E-state index contributed by atoms with van der Waals surface area (Å²) in [5, 5.41) is 8.57. The largest absolute Gasteiger partial charge is 0.480 e. The molecule has 0 aromatic carbocycles. The van der Waals surface area contributed by atoms with Crippen molar-refractivity contribution in [3.05, 3.63) is 0 Å². The Balaban J connectivity index is 1.66. The van der Waals surface area contributed by atoms with E-state index in [9.17, 15) is 9.59 Å². The van der Waals surface area contributed by atoms with Gasteiger partial charge in [-0.1, -0.05) is 0 Å². The molecule has 0 unspecified atom stereocenters. The van der Waals surface area contributed by atoms with Gasteiger partial charge >= 0.3 is 5.97 Å². The third kappa shape index (κ3) is 4.76. The summed E-state index contributed by atoms with van der Waals surface area (Å²) in [6.45, 7) is 3.69. The molecular formula is C14H24N2O4. The zero-order valence-corrected chi connectivity index (χ0v) is 11.9. The van der Waals surface area contributed by atoms with E-state index in [1.54, 1.807) is 0 Å². The van der Waals surface area contributed by atoms with E-state index in [0.717, 1.165) is 51.9 Å². The van der Waals surface area contributed by atoms with E-state index >= 15 is 0 Å². The van der Waals surface area contributed by atoms with E-state index in [2.05, 4.69) is 4.90 Å². The van der Waals surface area contributed by atoms with Gasteiger partial charge in [-0.25, -0.2) is 4.79 Å². The molecular weight excluding hydrogens is 260 g/mol. The Morgan fingerprint density at radius 3 is 2.30 bits per heavy atom. The van der Waals surface area contributed by atoms with Gasteiger partial charge in [0, 0.05) is 26.2 Å². The summed E-state index contributed by atoms with van der Waals surface area (Å²) in [6, 6.07) is 0. The number of likely N-dealkylation sites (tertiary alicyclic amines) is 2. The Hall–Kier alpha value is -1.14. The Morgan fingerprint density at radius 2 is 1.70 bits per heavy atom.